The minimum atomic E-state index is -0.0980. The number of hydrogen-bond donors (Lipinski definition) is 1. The van der Waals surface area contributed by atoms with Crippen LogP contribution >= 0.6 is 15.9 Å². The van der Waals surface area contributed by atoms with Crippen LogP contribution in [0.25, 0.3) is 11.3 Å². The summed E-state index contributed by atoms with van der Waals surface area (Å²) < 4.78 is 1.01. The summed E-state index contributed by atoms with van der Waals surface area (Å²) in [5.74, 6) is 0. The second kappa shape index (κ2) is 4.12. The molecule has 1 aromatic carbocycles. The SMILES string of the molecule is Cn1nc(CO)c(-c2ccc(Br)cc2)n1. The third-order valence-electron chi connectivity index (χ3n) is 2.05. The first-order valence-corrected chi connectivity index (χ1v) is 5.27. The topological polar surface area (TPSA) is 50.9 Å². The molecular formula is C10H10BrN3O. The van der Waals surface area contributed by atoms with Crippen molar-refractivity contribution in [2.45, 2.75) is 6.61 Å². The van der Waals surface area contributed by atoms with Gasteiger partial charge in [-0.15, -0.1) is 0 Å². The molecule has 0 saturated carbocycles. The first kappa shape index (κ1) is 10.3. The van der Waals surface area contributed by atoms with Gasteiger partial charge in [0.05, 0.1) is 6.61 Å². The van der Waals surface area contributed by atoms with E-state index in [0.717, 1.165) is 15.7 Å². The van der Waals surface area contributed by atoms with Crippen LogP contribution in [0.4, 0.5) is 0 Å². The molecule has 0 unspecified atom stereocenters. The first-order chi connectivity index (χ1) is 7.20. The second-order valence-electron chi connectivity index (χ2n) is 3.15. The van der Waals surface area contributed by atoms with Gasteiger partial charge >= 0.3 is 0 Å². The second-order valence-corrected chi connectivity index (χ2v) is 4.07. The van der Waals surface area contributed by atoms with Gasteiger partial charge in [-0.25, -0.2) is 0 Å². The predicted molar refractivity (Wildman–Crippen MR) is 60.1 cm³/mol. The summed E-state index contributed by atoms with van der Waals surface area (Å²) in [4.78, 5) is 1.46. The van der Waals surface area contributed by atoms with Gasteiger partial charge in [0, 0.05) is 17.1 Å². The predicted octanol–water partition coefficient (Wildman–Crippen LogP) is 1.74. The number of aliphatic hydroxyl groups excluding tert-OH is 1. The molecule has 0 spiro atoms. The summed E-state index contributed by atoms with van der Waals surface area (Å²) >= 11 is 3.37. The van der Waals surface area contributed by atoms with E-state index in [1.54, 1.807) is 7.05 Å². The van der Waals surface area contributed by atoms with E-state index < -0.39 is 0 Å². The van der Waals surface area contributed by atoms with Crippen LogP contribution in [0.5, 0.6) is 0 Å². The average molecular weight is 268 g/mol. The number of nitrogens with zero attached hydrogens (tertiary/aromatic N) is 3. The van der Waals surface area contributed by atoms with Crippen LogP contribution in [-0.4, -0.2) is 20.1 Å². The number of aliphatic hydroxyl groups is 1. The van der Waals surface area contributed by atoms with Crippen molar-refractivity contribution in [1.82, 2.24) is 15.0 Å². The third kappa shape index (κ3) is 2.08. The van der Waals surface area contributed by atoms with Crippen LogP contribution in [0.3, 0.4) is 0 Å². The zero-order chi connectivity index (χ0) is 10.8. The Hall–Kier alpha value is -1.20. The molecule has 0 aliphatic heterocycles. The highest BCUT2D eigenvalue weighted by atomic mass is 79.9. The molecule has 0 fully saturated rings. The zero-order valence-corrected chi connectivity index (χ0v) is 9.77. The van der Waals surface area contributed by atoms with Crippen molar-refractivity contribution in [3.8, 4) is 11.3 Å². The zero-order valence-electron chi connectivity index (χ0n) is 8.18. The van der Waals surface area contributed by atoms with Crippen molar-refractivity contribution < 1.29 is 5.11 Å². The van der Waals surface area contributed by atoms with E-state index in [9.17, 15) is 0 Å². The Labute approximate surface area is 95.7 Å². The van der Waals surface area contributed by atoms with Crippen molar-refractivity contribution >= 4 is 15.9 Å². The maximum absolute atomic E-state index is 9.12. The minimum Gasteiger partial charge on any atom is -0.390 e. The minimum absolute atomic E-state index is 0.0980. The lowest BCUT2D eigenvalue weighted by atomic mass is 10.1. The van der Waals surface area contributed by atoms with E-state index in [4.69, 9.17) is 5.11 Å². The van der Waals surface area contributed by atoms with Gasteiger partial charge in [0.1, 0.15) is 11.4 Å². The number of rotatable bonds is 2. The molecule has 0 saturated heterocycles. The fourth-order valence-electron chi connectivity index (χ4n) is 1.39. The van der Waals surface area contributed by atoms with Crippen molar-refractivity contribution in [2.24, 2.45) is 7.05 Å². The summed E-state index contributed by atoms with van der Waals surface area (Å²) in [6, 6.07) is 7.75. The molecule has 2 aromatic rings. The highest BCUT2D eigenvalue weighted by Crippen LogP contribution is 2.22. The maximum Gasteiger partial charge on any atom is 0.118 e. The summed E-state index contributed by atoms with van der Waals surface area (Å²) in [6.45, 7) is -0.0980. The van der Waals surface area contributed by atoms with E-state index in [1.807, 2.05) is 24.3 Å². The number of benzene rings is 1. The average Bonchev–Trinajstić information content (AvgIpc) is 2.61. The highest BCUT2D eigenvalue weighted by Gasteiger charge is 2.10. The molecule has 2 rings (SSSR count). The normalized spacial score (nSPS) is 10.6. The molecule has 0 amide bonds. The molecule has 5 heteroatoms. The van der Waals surface area contributed by atoms with E-state index >= 15 is 0 Å². The Morgan fingerprint density at radius 1 is 1.27 bits per heavy atom. The Balaban J connectivity index is 2.48. The molecule has 1 N–H and O–H groups in total. The van der Waals surface area contributed by atoms with Crippen molar-refractivity contribution in [1.29, 1.82) is 0 Å². The van der Waals surface area contributed by atoms with Crippen LogP contribution < -0.4 is 0 Å². The Morgan fingerprint density at radius 2 is 1.93 bits per heavy atom. The summed E-state index contributed by atoms with van der Waals surface area (Å²) in [5.41, 5.74) is 2.28. The molecule has 0 radical (unpaired) electrons. The third-order valence-corrected chi connectivity index (χ3v) is 2.58. The van der Waals surface area contributed by atoms with Gasteiger partial charge in [-0.2, -0.15) is 15.0 Å². The molecule has 1 heterocycles. The van der Waals surface area contributed by atoms with Crippen molar-refractivity contribution in [2.75, 3.05) is 0 Å². The van der Waals surface area contributed by atoms with Gasteiger partial charge < -0.3 is 5.11 Å². The summed E-state index contributed by atoms with van der Waals surface area (Å²) in [6.07, 6.45) is 0. The van der Waals surface area contributed by atoms with E-state index in [-0.39, 0.29) is 6.61 Å². The Bertz CT molecular complexity index is 464. The number of aryl methyl sites for hydroxylation is 1. The number of hydrogen-bond acceptors (Lipinski definition) is 3. The fraction of sp³-hybridized carbons (Fsp3) is 0.200. The molecular weight excluding hydrogens is 258 g/mol. The largest absolute Gasteiger partial charge is 0.390 e. The summed E-state index contributed by atoms with van der Waals surface area (Å²) in [7, 11) is 1.74. The van der Waals surface area contributed by atoms with Gasteiger partial charge in [0.15, 0.2) is 0 Å². The van der Waals surface area contributed by atoms with E-state index in [0.29, 0.717) is 5.69 Å². The number of aromatic nitrogens is 3. The van der Waals surface area contributed by atoms with Gasteiger partial charge in [-0.05, 0) is 12.1 Å². The monoisotopic (exact) mass is 267 g/mol. The molecule has 0 atom stereocenters. The van der Waals surface area contributed by atoms with Gasteiger partial charge in [0.2, 0.25) is 0 Å². The Kier molecular flexibility index (Phi) is 2.83. The van der Waals surface area contributed by atoms with Crippen LogP contribution in [-0.2, 0) is 13.7 Å². The maximum atomic E-state index is 9.12. The van der Waals surface area contributed by atoms with Crippen molar-refractivity contribution in [3.63, 3.8) is 0 Å². The molecule has 4 nitrogen and oxygen atoms in total. The molecule has 0 aliphatic carbocycles. The fourth-order valence-corrected chi connectivity index (χ4v) is 1.65. The molecule has 0 aliphatic rings. The summed E-state index contributed by atoms with van der Waals surface area (Å²) in [5, 5.41) is 17.4. The smallest absolute Gasteiger partial charge is 0.118 e. The molecule has 78 valence electrons. The van der Waals surface area contributed by atoms with E-state index in [1.165, 1.54) is 4.80 Å². The molecule has 0 bridgehead atoms. The molecule has 1 aromatic heterocycles. The van der Waals surface area contributed by atoms with Crippen LogP contribution in [0.15, 0.2) is 28.7 Å². The lowest BCUT2D eigenvalue weighted by molar-refractivity contribution is 0.276. The van der Waals surface area contributed by atoms with Crippen molar-refractivity contribution in [3.05, 3.63) is 34.4 Å². The van der Waals surface area contributed by atoms with Crippen LogP contribution in [0.1, 0.15) is 5.69 Å². The lowest BCUT2D eigenvalue weighted by Crippen LogP contribution is -1.92. The first-order valence-electron chi connectivity index (χ1n) is 4.47. The Morgan fingerprint density at radius 3 is 2.53 bits per heavy atom. The lowest BCUT2D eigenvalue weighted by Gasteiger charge is -1.98. The quantitative estimate of drug-likeness (QED) is 0.902. The van der Waals surface area contributed by atoms with Gasteiger partial charge in [-0.3, -0.25) is 0 Å². The number of halogens is 1. The molecule has 15 heavy (non-hydrogen) atoms. The van der Waals surface area contributed by atoms with Crippen LogP contribution in [0.2, 0.25) is 0 Å². The standard InChI is InChI=1S/C10H10BrN3O/c1-14-12-9(6-15)10(13-14)7-2-4-8(11)5-3-7/h2-5,15H,6H2,1H3. The van der Waals surface area contributed by atoms with Gasteiger partial charge in [-0.1, -0.05) is 28.1 Å². The van der Waals surface area contributed by atoms with Gasteiger partial charge in [0.25, 0.3) is 0 Å². The highest BCUT2D eigenvalue weighted by molar-refractivity contribution is 9.10. The van der Waals surface area contributed by atoms with E-state index in [2.05, 4.69) is 26.1 Å². The van der Waals surface area contributed by atoms with Crippen LogP contribution in [0, 0.1) is 0 Å².